The fraction of sp³-hybridized carbons (Fsp3) is 0.353. The highest BCUT2D eigenvalue weighted by Crippen LogP contribution is 2.09. The van der Waals surface area contributed by atoms with E-state index in [0.29, 0.717) is 17.8 Å². The van der Waals surface area contributed by atoms with Crippen molar-refractivity contribution in [2.24, 2.45) is 0 Å². The number of hydrogen-bond acceptors (Lipinski definition) is 3. The molecule has 23 heavy (non-hydrogen) atoms. The lowest BCUT2D eigenvalue weighted by Crippen LogP contribution is -2.24. The van der Waals surface area contributed by atoms with Crippen molar-refractivity contribution in [3.05, 3.63) is 48.5 Å². The van der Waals surface area contributed by atoms with Gasteiger partial charge in [0.15, 0.2) is 0 Å². The van der Waals surface area contributed by atoms with Crippen LogP contribution in [0.4, 0.5) is 5.69 Å². The first kappa shape index (κ1) is 16.7. The Labute approximate surface area is 135 Å². The third-order valence-corrected chi connectivity index (χ3v) is 3.41. The van der Waals surface area contributed by atoms with Crippen molar-refractivity contribution in [2.45, 2.75) is 32.7 Å². The molecule has 1 heterocycles. The first-order valence-corrected chi connectivity index (χ1v) is 7.77. The standard InChI is InChI=1S/C17H22N4O2/c1-14(22)20-16-7-5-15(6-8-16)17(23)19-9-3-2-4-11-21-12-10-18-13-21/h5-8,10,12-13H,2-4,9,11H2,1H3,(H,19,23)(H,20,22). The Morgan fingerprint density at radius 3 is 2.57 bits per heavy atom. The number of carbonyl (C=O) groups is 2. The fourth-order valence-electron chi connectivity index (χ4n) is 2.23. The molecule has 2 amide bonds. The Morgan fingerprint density at radius 1 is 1.13 bits per heavy atom. The van der Waals surface area contributed by atoms with Crippen LogP contribution in [0.1, 0.15) is 36.5 Å². The second-order valence-corrected chi connectivity index (χ2v) is 5.38. The third-order valence-electron chi connectivity index (χ3n) is 3.41. The van der Waals surface area contributed by atoms with Gasteiger partial charge in [-0.05, 0) is 43.5 Å². The van der Waals surface area contributed by atoms with E-state index in [4.69, 9.17) is 0 Å². The Morgan fingerprint density at radius 2 is 1.91 bits per heavy atom. The number of aromatic nitrogens is 2. The summed E-state index contributed by atoms with van der Waals surface area (Å²) in [6, 6.07) is 6.86. The average Bonchev–Trinajstić information content (AvgIpc) is 3.04. The van der Waals surface area contributed by atoms with Gasteiger partial charge in [0.25, 0.3) is 5.91 Å². The van der Waals surface area contributed by atoms with Crippen molar-refractivity contribution in [1.29, 1.82) is 0 Å². The summed E-state index contributed by atoms with van der Waals surface area (Å²) in [6.07, 6.45) is 8.61. The highest BCUT2D eigenvalue weighted by Gasteiger charge is 2.05. The zero-order chi connectivity index (χ0) is 16.5. The molecule has 0 aliphatic rings. The minimum absolute atomic E-state index is 0.0889. The number of aryl methyl sites for hydroxylation is 1. The van der Waals surface area contributed by atoms with Gasteiger partial charge in [0.1, 0.15) is 0 Å². The van der Waals surface area contributed by atoms with E-state index >= 15 is 0 Å². The zero-order valence-corrected chi connectivity index (χ0v) is 13.3. The minimum Gasteiger partial charge on any atom is -0.352 e. The summed E-state index contributed by atoms with van der Waals surface area (Å²) < 4.78 is 2.05. The van der Waals surface area contributed by atoms with Crippen LogP contribution < -0.4 is 10.6 Å². The SMILES string of the molecule is CC(=O)Nc1ccc(C(=O)NCCCCCn2ccnc2)cc1. The van der Waals surface area contributed by atoms with Gasteiger partial charge >= 0.3 is 0 Å². The maximum atomic E-state index is 12.0. The van der Waals surface area contributed by atoms with E-state index in [1.807, 2.05) is 12.5 Å². The van der Waals surface area contributed by atoms with Crippen LogP contribution in [0.3, 0.4) is 0 Å². The molecule has 0 unspecified atom stereocenters. The van der Waals surface area contributed by atoms with Gasteiger partial charge in [0, 0.05) is 43.7 Å². The molecule has 6 heteroatoms. The van der Waals surface area contributed by atoms with Gasteiger partial charge in [-0.2, -0.15) is 0 Å². The Bertz CT molecular complexity index is 621. The lowest BCUT2D eigenvalue weighted by molar-refractivity contribution is -0.114. The van der Waals surface area contributed by atoms with E-state index in [0.717, 1.165) is 25.8 Å². The predicted octanol–water partition coefficient (Wildman–Crippen LogP) is 2.44. The second kappa shape index (κ2) is 8.73. The predicted molar refractivity (Wildman–Crippen MR) is 89.2 cm³/mol. The highest BCUT2D eigenvalue weighted by atomic mass is 16.2. The highest BCUT2D eigenvalue weighted by molar-refractivity contribution is 5.95. The van der Waals surface area contributed by atoms with Crippen LogP contribution in [0, 0.1) is 0 Å². The van der Waals surface area contributed by atoms with E-state index in [1.165, 1.54) is 6.92 Å². The Hall–Kier alpha value is -2.63. The van der Waals surface area contributed by atoms with E-state index < -0.39 is 0 Å². The summed E-state index contributed by atoms with van der Waals surface area (Å²) in [5, 5.41) is 5.58. The van der Waals surface area contributed by atoms with Crippen molar-refractivity contribution in [3.8, 4) is 0 Å². The van der Waals surface area contributed by atoms with Crippen molar-refractivity contribution in [2.75, 3.05) is 11.9 Å². The van der Waals surface area contributed by atoms with Crippen LogP contribution in [0.15, 0.2) is 43.0 Å². The van der Waals surface area contributed by atoms with Crippen molar-refractivity contribution in [3.63, 3.8) is 0 Å². The van der Waals surface area contributed by atoms with Crippen LogP contribution >= 0.6 is 0 Å². The lowest BCUT2D eigenvalue weighted by Gasteiger charge is -2.07. The second-order valence-electron chi connectivity index (χ2n) is 5.38. The third kappa shape index (κ3) is 5.94. The number of unbranched alkanes of at least 4 members (excludes halogenated alkanes) is 2. The summed E-state index contributed by atoms with van der Waals surface area (Å²) >= 11 is 0. The van der Waals surface area contributed by atoms with Crippen LogP contribution in [-0.4, -0.2) is 27.9 Å². The number of imidazole rings is 1. The van der Waals surface area contributed by atoms with E-state index in [1.54, 1.807) is 30.5 Å². The van der Waals surface area contributed by atoms with Gasteiger partial charge in [-0.3, -0.25) is 9.59 Å². The Kier molecular flexibility index (Phi) is 6.35. The average molecular weight is 314 g/mol. The molecule has 122 valence electrons. The monoisotopic (exact) mass is 314 g/mol. The molecule has 0 aliphatic heterocycles. The number of nitrogens with zero attached hydrogens (tertiary/aromatic N) is 2. The number of rotatable bonds is 8. The maximum Gasteiger partial charge on any atom is 0.251 e. The van der Waals surface area contributed by atoms with E-state index in [2.05, 4.69) is 20.2 Å². The minimum atomic E-state index is -0.127. The van der Waals surface area contributed by atoms with Crippen molar-refractivity contribution < 1.29 is 9.59 Å². The van der Waals surface area contributed by atoms with Gasteiger partial charge in [-0.15, -0.1) is 0 Å². The topological polar surface area (TPSA) is 76.0 Å². The van der Waals surface area contributed by atoms with Gasteiger partial charge in [-0.1, -0.05) is 0 Å². The Balaban J connectivity index is 1.63. The molecule has 0 saturated heterocycles. The molecule has 2 N–H and O–H groups in total. The molecular weight excluding hydrogens is 292 g/mol. The molecule has 0 atom stereocenters. The van der Waals surface area contributed by atoms with Gasteiger partial charge in [-0.25, -0.2) is 4.98 Å². The smallest absolute Gasteiger partial charge is 0.251 e. The number of anilines is 1. The molecule has 2 rings (SSSR count). The van der Waals surface area contributed by atoms with E-state index in [-0.39, 0.29) is 11.8 Å². The molecule has 0 aliphatic carbocycles. The summed E-state index contributed by atoms with van der Waals surface area (Å²) in [5.41, 5.74) is 1.28. The van der Waals surface area contributed by atoms with Gasteiger partial charge in [0.05, 0.1) is 6.33 Å². The number of hydrogen-bond donors (Lipinski definition) is 2. The van der Waals surface area contributed by atoms with Crippen LogP contribution in [-0.2, 0) is 11.3 Å². The van der Waals surface area contributed by atoms with Gasteiger partial charge in [0.2, 0.25) is 5.91 Å². The quantitative estimate of drug-likeness (QED) is 0.735. The molecule has 1 aromatic carbocycles. The normalized spacial score (nSPS) is 10.3. The van der Waals surface area contributed by atoms with Crippen molar-refractivity contribution >= 4 is 17.5 Å². The van der Waals surface area contributed by atoms with Crippen LogP contribution in [0.5, 0.6) is 0 Å². The molecule has 0 saturated carbocycles. The van der Waals surface area contributed by atoms with Crippen LogP contribution in [0.2, 0.25) is 0 Å². The first-order chi connectivity index (χ1) is 11.1. The van der Waals surface area contributed by atoms with Gasteiger partial charge < -0.3 is 15.2 Å². The zero-order valence-electron chi connectivity index (χ0n) is 13.3. The maximum absolute atomic E-state index is 12.0. The summed E-state index contributed by atoms with van der Waals surface area (Å²) in [6.45, 7) is 3.07. The summed E-state index contributed by atoms with van der Waals surface area (Å²) in [4.78, 5) is 26.9. The molecule has 0 spiro atoms. The first-order valence-electron chi connectivity index (χ1n) is 7.77. The lowest BCUT2D eigenvalue weighted by atomic mass is 10.2. The molecule has 2 aromatic rings. The van der Waals surface area contributed by atoms with E-state index in [9.17, 15) is 9.59 Å². The summed E-state index contributed by atoms with van der Waals surface area (Å²) in [5.74, 6) is -0.216. The largest absolute Gasteiger partial charge is 0.352 e. The molecule has 0 bridgehead atoms. The molecular formula is C17H22N4O2. The summed E-state index contributed by atoms with van der Waals surface area (Å²) in [7, 11) is 0. The number of amides is 2. The molecule has 0 radical (unpaired) electrons. The molecule has 6 nitrogen and oxygen atoms in total. The number of nitrogens with one attached hydrogen (secondary N) is 2. The molecule has 1 aromatic heterocycles. The number of benzene rings is 1. The fourth-order valence-corrected chi connectivity index (χ4v) is 2.23. The van der Waals surface area contributed by atoms with Crippen LogP contribution in [0.25, 0.3) is 0 Å². The molecule has 0 fully saturated rings. The van der Waals surface area contributed by atoms with Crippen molar-refractivity contribution in [1.82, 2.24) is 14.9 Å². The number of carbonyl (C=O) groups excluding carboxylic acids is 2.